The van der Waals surface area contributed by atoms with Crippen molar-refractivity contribution in [3.63, 3.8) is 0 Å². The Labute approximate surface area is 170 Å². The Morgan fingerprint density at radius 3 is 2.52 bits per heavy atom. The number of nitrogens with zero attached hydrogens (tertiary/aromatic N) is 1. The molecule has 1 saturated heterocycles. The first-order valence-electron chi connectivity index (χ1n) is 10.0. The van der Waals surface area contributed by atoms with E-state index in [0.29, 0.717) is 29.5 Å². The third kappa shape index (κ3) is 4.68. The summed E-state index contributed by atoms with van der Waals surface area (Å²) in [4.78, 5) is 27.0. The second-order valence-corrected chi connectivity index (χ2v) is 7.63. The van der Waals surface area contributed by atoms with Gasteiger partial charge in [0, 0.05) is 17.8 Å². The molecule has 0 bridgehead atoms. The molecule has 0 aromatic heterocycles. The molecule has 1 heterocycles. The van der Waals surface area contributed by atoms with Crippen molar-refractivity contribution in [3.8, 4) is 0 Å². The number of ether oxygens (including phenoxy) is 1. The molecule has 1 aliphatic carbocycles. The molecule has 4 rings (SSSR count). The van der Waals surface area contributed by atoms with Crippen LogP contribution in [-0.2, 0) is 4.74 Å². The first kappa shape index (κ1) is 19.3. The molecule has 2 fully saturated rings. The molecule has 29 heavy (non-hydrogen) atoms. The summed E-state index contributed by atoms with van der Waals surface area (Å²) < 4.78 is 5.53. The summed E-state index contributed by atoms with van der Waals surface area (Å²) in [6, 6.07) is 14.2. The fraction of sp³-hybridized carbons (Fsp3) is 0.364. The molecule has 0 spiro atoms. The molecule has 2 aromatic rings. The van der Waals surface area contributed by atoms with Crippen LogP contribution in [0.5, 0.6) is 0 Å². The summed E-state index contributed by atoms with van der Waals surface area (Å²) in [6.45, 7) is 2.08. The normalized spacial score (nSPS) is 18.3. The van der Waals surface area contributed by atoms with Crippen molar-refractivity contribution >= 4 is 29.1 Å². The van der Waals surface area contributed by atoms with Crippen LogP contribution in [0.2, 0.25) is 0 Å². The van der Waals surface area contributed by atoms with E-state index in [4.69, 9.17) is 10.5 Å². The van der Waals surface area contributed by atoms with E-state index < -0.39 is 0 Å². The van der Waals surface area contributed by atoms with Crippen molar-refractivity contribution in [2.24, 2.45) is 5.92 Å². The maximum absolute atomic E-state index is 12.7. The lowest BCUT2D eigenvalue weighted by atomic mass is 10.1. The van der Waals surface area contributed by atoms with E-state index in [1.54, 1.807) is 41.3 Å². The van der Waals surface area contributed by atoms with Gasteiger partial charge in [0.1, 0.15) is 0 Å². The molecule has 7 heteroatoms. The highest BCUT2D eigenvalue weighted by molar-refractivity contribution is 6.06. The van der Waals surface area contributed by atoms with Crippen LogP contribution in [0.1, 0.15) is 29.6 Å². The number of rotatable bonds is 6. The summed E-state index contributed by atoms with van der Waals surface area (Å²) in [6.07, 6.45) is 2.82. The molecule has 2 amide bonds. The van der Waals surface area contributed by atoms with Gasteiger partial charge in [0.2, 0.25) is 0 Å². The molecule has 1 atom stereocenters. The summed E-state index contributed by atoms with van der Waals surface area (Å²) in [7, 11) is 0. The van der Waals surface area contributed by atoms with E-state index in [-0.39, 0.29) is 18.0 Å². The highest BCUT2D eigenvalue weighted by Crippen LogP contribution is 2.30. The van der Waals surface area contributed by atoms with Crippen molar-refractivity contribution in [1.82, 2.24) is 5.32 Å². The molecule has 7 nitrogen and oxygen atoms in total. The largest absolute Gasteiger partial charge is 0.449 e. The van der Waals surface area contributed by atoms with Gasteiger partial charge in [-0.3, -0.25) is 9.69 Å². The number of para-hydroxylation sites is 2. The standard InChI is InChI=1S/C22H26N4O3/c23-19-3-1-2-4-20(19)25-21(27)16-7-9-17(10-8-16)26(18-11-12-24-13-18)22(28)29-14-15-5-6-15/h1-4,7-10,15,18,24H,5-6,11-14,23H2,(H,25,27)/t18-/m0/s1. The molecular weight excluding hydrogens is 368 g/mol. The Hall–Kier alpha value is -3.06. The molecule has 4 N–H and O–H groups in total. The van der Waals surface area contributed by atoms with Gasteiger partial charge in [0.05, 0.1) is 24.0 Å². The molecule has 1 aliphatic heterocycles. The zero-order valence-electron chi connectivity index (χ0n) is 16.3. The molecule has 2 aliphatic rings. The SMILES string of the molecule is Nc1ccccc1NC(=O)c1ccc(N(C(=O)OCC2CC2)[C@H]2CCNC2)cc1. The minimum atomic E-state index is -0.320. The van der Waals surface area contributed by atoms with Crippen LogP contribution in [-0.4, -0.2) is 37.7 Å². The van der Waals surface area contributed by atoms with Crippen LogP contribution in [0.25, 0.3) is 0 Å². The Bertz CT molecular complexity index is 874. The second kappa shape index (κ2) is 8.53. The minimum Gasteiger partial charge on any atom is -0.449 e. The second-order valence-electron chi connectivity index (χ2n) is 7.63. The lowest BCUT2D eigenvalue weighted by Gasteiger charge is -2.28. The third-order valence-electron chi connectivity index (χ3n) is 5.35. The summed E-state index contributed by atoms with van der Waals surface area (Å²) in [5.41, 5.74) is 8.20. The number of nitrogens with two attached hydrogens (primary N) is 1. The van der Waals surface area contributed by atoms with Crippen LogP contribution >= 0.6 is 0 Å². The van der Waals surface area contributed by atoms with Crippen LogP contribution in [0.4, 0.5) is 21.9 Å². The van der Waals surface area contributed by atoms with Gasteiger partial charge in [-0.25, -0.2) is 4.79 Å². The average molecular weight is 394 g/mol. The minimum absolute atomic E-state index is 0.0468. The quantitative estimate of drug-likeness (QED) is 0.654. The Morgan fingerprint density at radius 1 is 1.10 bits per heavy atom. The monoisotopic (exact) mass is 394 g/mol. The van der Waals surface area contributed by atoms with Crippen molar-refractivity contribution in [2.75, 3.05) is 35.6 Å². The van der Waals surface area contributed by atoms with Crippen LogP contribution < -0.4 is 21.3 Å². The van der Waals surface area contributed by atoms with E-state index in [0.717, 1.165) is 38.0 Å². The molecule has 0 unspecified atom stereocenters. The average Bonchev–Trinajstić information content (AvgIpc) is 3.42. The third-order valence-corrected chi connectivity index (χ3v) is 5.35. The number of carbonyl (C=O) groups excluding carboxylic acids is 2. The fourth-order valence-electron chi connectivity index (χ4n) is 3.45. The number of carbonyl (C=O) groups is 2. The van der Waals surface area contributed by atoms with Gasteiger partial charge in [0.25, 0.3) is 5.91 Å². The predicted molar refractivity (Wildman–Crippen MR) is 113 cm³/mol. The number of anilines is 3. The van der Waals surface area contributed by atoms with Crippen LogP contribution in [0.3, 0.4) is 0 Å². The maximum atomic E-state index is 12.7. The van der Waals surface area contributed by atoms with E-state index in [1.807, 2.05) is 12.1 Å². The number of amides is 2. The van der Waals surface area contributed by atoms with Crippen LogP contribution in [0, 0.1) is 5.92 Å². The lowest BCUT2D eigenvalue weighted by Crippen LogP contribution is -2.42. The van der Waals surface area contributed by atoms with E-state index in [2.05, 4.69) is 10.6 Å². The number of benzene rings is 2. The van der Waals surface area contributed by atoms with Crippen molar-refractivity contribution in [3.05, 3.63) is 54.1 Å². The highest BCUT2D eigenvalue weighted by atomic mass is 16.6. The van der Waals surface area contributed by atoms with Crippen molar-refractivity contribution < 1.29 is 14.3 Å². The van der Waals surface area contributed by atoms with Crippen LogP contribution in [0.15, 0.2) is 48.5 Å². The van der Waals surface area contributed by atoms with Gasteiger partial charge in [-0.05, 0) is 68.1 Å². The first-order valence-corrected chi connectivity index (χ1v) is 10.0. The Balaban J connectivity index is 1.47. The van der Waals surface area contributed by atoms with Gasteiger partial charge in [-0.15, -0.1) is 0 Å². The van der Waals surface area contributed by atoms with Gasteiger partial charge in [0.15, 0.2) is 0 Å². The van der Waals surface area contributed by atoms with Crippen molar-refractivity contribution in [2.45, 2.75) is 25.3 Å². The Morgan fingerprint density at radius 2 is 1.86 bits per heavy atom. The number of nitrogen functional groups attached to an aromatic ring is 1. The highest BCUT2D eigenvalue weighted by Gasteiger charge is 2.31. The summed E-state index contributed by atoms with van der Waals surface area (Å²) >= 11 is 0. The molecular formula is C22H26N4O3. The predicted octanol–water partition coefficient (Wildman–Crippen LogP) is 3.24. The number of hydrogen-bond acceptors (Lipinski definition) is 5. The van der Waals surface area contributed by atoms with Gasteiger partial charge in [-0.1, -0.05) is 12.1 Å². The van der Waals surface area contributed by atoms with Gasteiger partial charge >= 0.3 is 6.09 Å². The van der Waals surface area contributed by atoms with Crippen molar-refractivity contribution in [1.29, 1.82) is 0 Å². The molecule has 1 saturated carbocycles. The van der Waals surface area contributed by atoms with E-state index >= 15 is 0 Å². The zero-order chi connectivity index (χ0) is 20.2. The molecule has 152 valence electrons. The smallest absolute Gasteiger partial charge is 0.414 e. The lowest BCUT2D eigenvalue weighted by molar-refractivity contribution is 0.102. The zero-order valence-corrected chi connectivity index (χ0v) is 16.3. The fourth-order valence-corrected chi connectivity index (χ4v) is 3.45. The molecule has 2 aromatic carbocycles. The summed E-state index contributed by atoms with van der Waals surface area (Å²) in [5, 5.41) is 6.11. The van der Waals surface area contributed by atoms with E-state index in [1.165, 1.54) is 0 Å². The van der Waals surface area contributed by atoms with Gasteiger partial charge < -0.3 is 21.1 Å². The maximum Gasteiger partial charge on any atom is 0.414 e. The van der Waals surface area contributed by atoms with E-state index in [9.17, 15) is 9.59 Å². The number of hydrogen-bond donors (Lipinski definition) is 3. The number of nitrogens with one attached hydrogen (secondary N) is 2. The first-order chi connectivity index (χ1) is 14.1. The molecule has 0 radical (unpaired) electrons. The Kier molecular flexibility index (Phi) is 5.67. The van der Waals surface area contributed by atoms with Gasteiger partial charge in [-0.2, -0.15) is 0 Å². The summed E-state index contributed by atoms with van der Waals surface area (Å²) in [5.74, 6) is 0.263. The topological polar surface area (TPSA) is 96.7 Å².